The van der Waals surface area contributed by atoms with Crippen LogP contribution in [0.25, 0.3) is 11.1 Å². The Hall–Kier alpha value is -3.18. The molecule has 4 aliphatic rings. The van der Waals surface area contributed by atoms with Crippen LogP contribution >= 0.6 is 11.8 Å². The molecule has 0 unspecified atom stereocenters. The normalized spacial score (nSPS) is 19.8. The van der Waals surface area contributed by atoms with Gasteiger partial charge in [0, 0.05) is 15.2 Å². The molecule has 5 heteroatoms. The maximum absolute atomic E-state index is 14.2. The first kappa shape index (κ1) is 27.4. The first-order chi connectivity index (χ1) is 21.0. The van der Waals surface area contributed by atoms with E-state index in [2.05, 4.69) is 59.5 Å². The summed E-state index contributed by atoms with van der Waals surface area (Å²) < 4.78 is 42.5. The molecule has 0 amide bonds. The van der Waals surface area contributed by atoms with Crippen LogP contribution in [0.3, 0.4) is 0 Å². The number of fused-ring (bicyclic) bond motifs is 5. The first-order valence-corrected chi connectivity index (χ1v) is 16.8. The molecule has 0 atom stereocenters. The fourth-order valence-electron chi connectivity index (χ4n) is 9.09. The van der Waals surface area contributed by atoms with Crippen LogP contribution in [0.4, 0.5) is 30.2 Å². The smallest absolute Gasteiger partial charge is 0.308 e. The Morgan fingerprint density at radius 3 is 1.93 bits per heavy atom. The van der Waals surface area contributed by atoms with Crippen molar-refractivity contribution in [3.05, 3.63) is 102 Å². The Labute approximate surface area is 256 Å². The van der Waals surface area contributed by atoms with Crippen molar-refractivity contribution in [2.75, 3.05) is 4.90 Å². The predicted octanol–water partition coefficient (Wildman–Crippen LogP) is 12.1. The third kappa shape index (κ3) is 4.21. The van der Waals surface area contributed by atoms with Gasteiger partial charge < -0.3 is 4.90 Å². The van der Waals surface area contributed by atoms with Crippen molar-refractivity contribution in [2.45, 2.75) is 85.6 Å². The lowest BCUT2D eigenvalue weighted by Crippen LogP contribution is -2.44. The monoisotopic (exact) mass is 595 g/mol. The zero-order valence-corrected chi connectivity index (χ0v) is 25.1. The van der Waals surface area contributed by atoms with E-state index >= 15 is 0 Å². The topological polar surface area (TPSA) is 3.24 Å². The van der Waals surface area contributed by atoms with Gasteiger partial charge in [-0.3, -0.25) is 0 Å². The maximum Gasteiger partial charge on any atom is 0.416 e. The summed E-state index contributed by atoms with van der Waals surface area (Å²) in [6.07, 6.45) is 8.00. The third-order valence-corrected chi connectivity index (χ3v) is 11.8. The summed E-state index contributed by atoms with van der Waals surface area (Å²) in [5, 5.41) is 0. The second-order valence-electron chi connectivity index (χ2n) is 12.9. The van der Waals surface area contributed by atoms with Crippen molar-refractivity contribution in [2.24, 2.45) is 11.8 Å². The number of anilines is 3. The van der Waals surface area contributed by atoms with Gasteiger partial charge in [0.2, 0.25) is 0 Å². The lowest BCUT2D eigenvalue weighted by Gasteiger charge is -2.50. The van der Waals surface area contributed by atoms with Gasteiger partial charge in [-0.2, -0.15) is 13.2 Å². The fraction of sp³-hybridized carbons (Fsp3) is 0.368. The first-order valence-electron chi connectivity index (χ1n) is 16.0. The highest BCUT2D eigenvalue weighted by Gasteiger charge is 2.55. The molecule has 0 aromatic heterocycles. The average Bonchev–Trinajstić information content (AvgIpc) is 3.35. The highest BCUT2D eigenvalue weighted by Crippen LogP contribution is 2.65. The summed E-state index contributed by atoms with van der Waals surface area (Å²) in [6, 6.07) is 28.1. The van der Waals surface area contributed by atoms with Crippen molar-refractivity contribution < 1.29 is 13.2 Å². The fourth-order valence-corrected chi connectivity index (χ4v) is 10.1. The molecule has 0 N–H and O–H groups in total. The number of halogens is 3. The third-order valence-electron chi connectivity index (χ3n) is 10.7. The van der Waals surface area contributed by atoms with Gasteiger partial charge in [-0.1, -0.05) is 98.8 Å². The largest absolute Gasteiger partial charge is 0.416 e. The van der Waals surface area contributed by atoms with Crippen LogP contribution in [0, 0.1) is 11.8 Å². The Bertz CT molecular complexity index is 1660. The molecule has 220 valence electrons. The number of alkyl halides is 3. The molecule has 4 aromatic carbocycles. The van der Waals surface area contributed by atoms with Gasteiger partial charge in [0.25, 0.3) is 0 Å². The van der Waals surface area contributed by atoms with Crippen molar-refractivity contribution in [3.8, 4) is 11.1 Å². The van der Waals surface area contributed by atoms with Crippen LogP contribution in [-0.2, 0) is 11.6 Å². The lowest BCUT2D eigenvalue weighted by molar-refractivity contribution is -0.137. The highest BCUT2D eigenvalue weighted by molar-refractivity contribution is 7.99. The molecule has 0 radical (unpaired) electrons. The Morgan fingerprint density at radius 2 is 1.21 bits per heavy atom. The summed E-state index contributed by atoms with van der Waals surface area (Å²) >= 11 is 1.57. The van der Waals surface area contributed by atoms with Gasteiger partial charge in [-0.05, 0) is 96.2 Å². The minimum atomic E-state index is -4.41. The molecule has 1 heterocycles. The average molecular weight is 596 g/mol. The molecule has 3 aliphatic carbocycles. The van der Waals surface area contributed by atoms with Crippen LogP contribution in [-0.4, -0.2) is 0 Å². The van der Waals surface area contributed by atoms with E-state index in [9.17, 15) is 13.2 Å². The van der Waals surface area contributed by atoms with Crippen LogP contribution in [0.15, 0.2) is 94.7 Å². The standard InChI is InChI=1S/C38H36F3NS/c39-38(40,41)27-22-23-35-33(24-27)42(31-19-9-10-21-34(31)43-35)32-20-11-17-29-28-16-7-8-18-30(28)37(36(29)32,25-12-3-1-4-13-25)26-14-5-2-6-15-26/h7-11,16-26H,1-6,12-15H2. The van der Waals surface area contributed by atoms with E-state index in [4.69, 9.17) is 0 Å². The summed E-state index contributed by atoms with van der Waals surface area (Å²) in [5.41, 5.74) is 7.31. The second-order valence-corrected chi connectivity index (χ2v) is 14.0. The van der Waals surface area contributed by atoms with Crippen molar-refractivity contribution in [1.82, 2.24) is 0 Å². The van der Waals surface area contributed by atoms with E-state index in [1.807, 2.05) is 12.1 Å². The molecule has 0 spiro atoms. The molecule has 0 bridgehead atoms. The van der Waals surface area contributed by atoms with Gasteiger partial charge in [0.15, 0.2) is 0 Å². The second kappa shape index (κ2) is 10.5. The molecule has 4 aromatic rings. The number of para-hydroxylation sites is 1. The van der Waals surface area contributed by atoms with E-state index in [1.165, 1.54) is 98.6 Å². The zero-order valence-electron chi connectivity index (χ0n) is 24.3. The molecule has 43 heavy (non-hydrogen) atoms. The lowest BCUT2D eigenvalue weighted by atomic mass is 9.54. The summed E-state index contributed by atoms with van der Waals surface area (Å²) in [4.78, 5) is 4.12. The minimum absolute atomic E-state index is 0.148. The predicted molar refractivity (Wildman–Crippen MR) is 170 cm³/mol. The summed E-state index contributed by atoms with van der Waals surface area (Å²) in [5.74, 6) is 1.03. The van der Waals surface area contributed by atoms with Gasteiger partial charge in [0.05, 0.1) is 22.6 Å². The molecular weight excluding hydrogens is 559 g/mol. The maximum atomic E-state index is 14.2. The number of rotatable bonds is 3. The number of nitrogens with zero attached hydrogens (tertiary/aromatic N) is 1. The van der Waals surface area contributed by atoms with Crippen LogP contribution in [0.1, 0.15) is 80.9 Å². The van der Waals surface area contributed by atoms with Crippen LogP contribution in [0.2, 0.25) is 0 Å². The minimum Gasteiger partial charge on any atom is -0.308 e. The molecule has 1 nitrogen and oxygen atoms in total. The van der Waals surface area contributed by atoms with Crippen LogP contribution < -0.4 is 4.90 Å². The summed E-state index contributed by atoms with van der Waals surface area (Å²) in [6.45, 7) is 0. The van der Waals surface area contributed by atoms with Crippen LogP contribution in [0.5, 0.6) is 0 Å². The van der Waals surface area contributed by atoms with E-state index in [-0.39, 0.29) is 5.41 Å². The molecule has 2 saturated carbocycles. The van der Waals surface area contributed by atoms with Gasteiger partial charge in [0.1, 0.15) is 0 Å². The van der Waals surface area contributed by atoms with E-state index in [0.717, 1.165) is 21.2 Å². The van der Waals surface area contributed by atoms with Crippen molar-refractivity contribution in [1.29, 1.82) is 0 Å². The Kier molecular flexibility index (Phi) is 6.67. The Balaban J connectivity index is 1.44. The number of benzene rings is 4. The number of hydrogen-bond donors (Lipinski definition) is 0. The van der Waals surface area contributed by atoms with Gasteiger partial charge in [-0.15, -0.1) is 0 Å². The van der Waals surface area contributed by atoms with Crippen molar-refractivity contribution >= 4 is 28.8 Å². The molecular formula is C38H36F3NS. The zero-order chi connectivity index (χ0) is 29.2. The SMILES string of the molecule is FC(F)(F)c1ccc2c(c1)N(c1cccc3c1C(C1CCCCC1)(C1CCCCC1)c1ccccc1-3)c1ccccc1S2. The summed E-state index contributed by atoms with van der Waals surface area (Å²) in [7, 11) is 0. The van der Waals surface area contributed by atoms with Gasteiger partial charge >= 0.3 is 6.18 Å². The van der Waals surface area contributed by atoms with E-state index in [0.29, 0.717) is 17.5 Å². The van der Waals surface area contributed by atoms with E-state index < -0.39 is 11.7 Å². The van der Waals surface area contributed by atoms with Crippen molar-refractivity contribution in [3.63, 3.8) is 0 Å². The quantitative estimate of drug-likeness (QED) is 0.204. The Morgan fingerprint density at radius 1 is 0.605 bits per heavy atom. The molecule has 0 saturated heterocycles. The number of hydrogen-bond acceptors (Lipinski definition) is 2. The van der Waals surface area contributed by atoms with E-state index in [1.54, 1.807) is 17.8 Å². The van der Waals surface area contributed by atoms with Gasteiger partial charge in [-0.25, -0.2) is 0 Å². The molecule has 2 fully saturated rings. The highest BCUT2D eigenvalue weighted by atomic mass is 32.2. The molecule has 1 aliphatic heterocycles. The molecule has 8 rings (SSSR count).